The van der Waals surface area contributed by atoms with Crippen molar-refractivity contribution >= 4 is 23.6 Å². The van der Waals surface area contributed by atoms with Crippen LogP contribution in [0.1, 0.15) is 84.0 Å². The molecule has 0 rings (SSSR count). The van der Waals surface area contributed by atoms with Crippen LogP contribution in [0.3, 0.4) is 0 Å². The van der Waals surface area contributed by atoms with E-state index in [1.807, 2.05) is 0 Å². The highest BCUT2D eigenvalue weighted by Gasteiger charge is 2.14. The summed E-state index contributed by atoms with van der Waals surface area (Å²) >= 11 is 4.76. The van der Waals surface area contributed by atoms with E-state index in [1.54, 1.807) is 5.37 Å². The number of allylic oxidation sites excluding steroid dienone is 6. The van der Waals surface area contributed by atoms with E-state index in [-0.39, 0.29) is 5.92 Å². The van der Waals surface area contributed by atoms with Gasteiger partial charge in [0.25, 0.3) is 0 Å². The number of carboxylic acids is 1. The van der Waals surface area contributed by atoms with Gasteiger partial charge in [-0.2, -0.15) is 0 Å². The van der Waals surface area contributed by atoms with Crippen LogP contribution >= 0.6 is 12.2 Å². The minimum atomic E-state index is -0.708. The van der Waals surface area contributed by atoms with Gasteiger partial charge in [-0.15, -0.1) is 0 Å². The summed E-state index contributed by atoms with van der Waals surface area (Å²) in [6.45, 7) is 2.15. The topological polar surface area (TPSA) is 37.3 Å². The summed E-state index contributed by atoms with van der Waals surface area (Å²) in [5.41, 5.74) is 0. The Hall–Kier alpha value is -1.22. The largest absolute Gasteiger partial charge is 0.481 e. The molecule has 0 aromatic carbocycles. The minimum Gasteiger partial charge on any atom is -0.481 e. The molecule has 0 bridgehead atoms. The lowest BCUT2D eigenvalue weighted by atomic mass is 9.98. The molecule has 1 atom stereocenters. The number of unbranched alkanes of at least 4 members (excludes halogenated alkanes) is 6. The Balaban J connectivity index is 3.41. The van der Waals surface area contributed by atoms with Gasteiger partial charge in [-0.3, -0.25) is 4.79 Å². The summed E-state index contributed by atoms with van der Waals surface area (Å²) in [4.78, 5) is 11.0. The Morgan fingerprint density at radius 3 is 2.04 bits per heavy atom. The summed E-state index contributed by atoms with van der Waals surface area (Å²) in [7, 11) is 0. The van der Waals surface area contributed by atoms with Crippen LogP contribution in [0.2, 0.25) is 0 Å². The fourth-order valence-corrected chi connectivity index (χ4v) is 2.88. The molecule has 0 heterocycles. The molecule has 0 saturated carbocycles. The van der Waals surface area contributed by atoms with Crippen LogP contribution in [0.4, 0.5) is 0 Å². The zero-order valence-corrected chi connectivity index (χ0v) is 16.7. The molecule has 0 spiro atoms. The maximum atomic E-state index is 11.0. The second-order valence-electron chi connectivity index (χ2n) is 6.43. The van der Waals surface area contributed by atoms with E-state index in [1.165, 1.54) is 32.1 Å². The zero-order valence-electron chi connectivity index (χ0n) is 15.9. The summed E-state index contributed by atoms with van der Waals surface area (Å²) in [6.07, 6.45) is 26.1. The van der Waals surface area contributed by atoms with Crippen molar-refractivity contribution in [1.82, 2.24) is 0 Å². The maximum Gasteiger partial charge on any atom is 0.306 e. The number of carbonyl (C=O) groups is 1. The molecule has 0 fully saturated rings. The third-order valence-electron chi connectivity index (χ3n) is 4.18. The van der Waals surface area contributed by atoms with Crippen LogP contribution in [0.25, 0.3) is 0 Å². The Kier molecular flexibility index (Phi) is 18.2. The van der Waals surface area contributed by atoms with E-state index in [9.17, 15) is 4.79 Å². The highest BCUT2D eigenvalue weighted by molar-refractivity contribution is 7.78. The second-order valence-corrected chi connectivity index (χ2v) is 6.76. The predicted octanol–water partition coefficient (Wildman–Crippen LogP) is 7.06. The molecule has 0 aromatic heterocycles. The summed E-state index contributed by atoms with van der Waals surface area (Å²) in [5, 5.41) is 10.6. The molecule has 1 unspecified atom stereocenters. The van der Waals surface area contributed by atoms with Gasteiger partial charge in [0.1, 0.15) is 0 Å². The van der Waals surface area contributed by atoms with Gasteiger partial charge in [-0.25, -0.2) is 0 Å². The molecule has 0 aliphatic carbocycles. The van der Waals surface area contributed by atoms with Crippen molar-refractivity contribution in [2.75, 3.05) is 0 Å². The molecule has 0 radical (unpaired) electrons. The fraction of sp³-hybridized carbons (Fsp3) is 0.636. The van der Waals surface area contributed by atoms with Crippen molar-refractivity contribution in [3.8, 4) is 0 Å². The molecule has 3 heteroatoms. The number of thiocarbonyl (C=S) groups is 1. The minimum absolute atomic E-state index is 0.278. The quantitative estimate of drug-likeness (QED) is 0.170. The normalized spacial score (nSPS) is 13.2. The lowest BCUT2D eigenvalue weighted by molar-refractivity contribution is -0.141. The number of rotatable bonds is 17. The van der Waals surface area contributed by atoms with Crippen molar-refractivity contribution in [3.05, 3.63) is 36.5 Å². The summed E-state index contributed by atoms with van der Waals surface area (Å²) in [6, 6.07) is 0. The second kappa shape index (κ2) is 19.1. The van der Waals surface area contributed by atoms with E-state index in [2.05, 4.69) is 43.4 Å². The average Bonchev–Trinajstić information content (AvgIpc) is 2.60. The van der Waals surface area contributed by atoms with Gasteiger partial charge in [0.2, 0.25) is 0 Å². The van der Waals surface area contributed by atoms with Crippen LogP contribution in [-0.2, 0) is 4.79 Å². The molecule has 0 aliphatic heterocycles. The molecule has 0 aliphatic rings. The fourth-order valence-electron chi connectivity index (χ4n) is 2.64. The van der Waals surface area contributed by atoms with E-state index < -0.39 is 5.97 Å². The monoisotopic (exact) mass is 364 g/mol. The number of hydrogen-bond donors (Lipinski definition) is 1. The van der Waals surface area contributed by atoms with Crippen molar-refractivity contribution in [2.45, 2.75) is 84.0 Å². The number of carboxylic acid groups (broad SMARTS) is 1. The van der Waals surface area contributed by atoms with Crippen LogP contribution in [0.15, 0.2) is 36.5 Å². The molecule has 0 amide bonds. The van der Waals surface area contributed by atoms with Gasteiger partial charge in [0.15, 0.2) is 0 Å². The average molecular weight is 365 g/mol. The van der Waals surface area contributed by atoms with Crippen molar-refractivity contribution < 1.29 is 9.90 Å². The SMILES string of the molecule is CCC=CCC=CCC=CCCCCCCCCC(CC=S)C(=O)O. The first-order chi connectivity index (χ1) is 12.2. The van der Waals surface area contributed by atoms with Gasteiger partial charge in [0, 0.05) is 0 Å². The molecule has 2 nitrogen and oxygen atoms in total. The molecule has 0 aromatic rings. The molecular formula is C22H36O2S. The van der Waals surface area contributed by atoms with E-state index in [4.69, 9.17) is 17.3 Å². The maximum absolute atomic E-state index is 11.0. The van der Waals surface area contributed by atoms with E-state index in [0.29, 0.717) is 6.42 Å². The van der Waals surface area contributed by atoms with Crippen molar-refractivity contribution in [3.63, 3.8) is 0 Å². The van der Waals surface area contributed by atoms with Crippen molar-refractivity contribution in [2.24, 2.45) is 5.92 Å². The zero-order chi connectivity index (χ0) is 18.6. The van der Waals surface area contributed by atoms with Gasteiger partial charge in [-0.05, 0) is 50.3 Å². The molecule has 1 N–H and O–H groups in total. The van der Waals surface area contributed by atoms with Gasteiger partial charge in [0.05, 0.1) is 5.92 Å². The van der Waals surface area contributed by atoms with Crippen molar-refractivity contribution in [1.29, 1.82) is 0 Å². The van der Waals surface area contributed by atoms with Gasteiger partial charge in [-0.1, -0.05) is 87.7 Å². The first-order valence-corrected chi connectivity index (χ1v) is 10.3. The Bertz CT molecular complexity index is 410. The van der Waals surface area contributed by atoms with Crippen LogP contribution < -0.4 is 0 Å². The molecular weight excluding hydrogens is 328 g/mol. The molecule has 0 saturated heterocycles. The molecule has 25 heavy (non-hydrogen) atoms. The van der Waals surface area contributed by atoms with Crippen LogP contribution in [-0.4, -0.2) is 16.4 Å². The number of hydrogen-bond acceptors (Lipinski definition) is 2. The molecule has 142 valence electrons. The van der Waals surface area contributed by atoms with Crippen LogP contribution in [0.5, 0.6) is 0 Å². The Morgan fingerprint density at radius 2 is 1.44 bits per heavy atom. The Labute approximate surface area is 160 Å². The first kappa shape index (κ1) is 23.8. The Morgan fingerprint density at radius 1 is 0.880 bits per heavy atom. The highest BCUT2D eigenvalue weighted by atomic mass is 32.1. The third-order valence-corrected chi connectivity index (χ3v) is 4.38. The lowest BCUT2D eigenvalue weighted by Gasteiger charge is -2.08. The number of aliphatic carboxylic acids is 1. The van der Waals surface area contributed by atoms with E-state index in [0.717, 1.165) is 38.5 Å². The van der Waals surface area contributed by atoms with Gasteiger partial charge < -0.3 is 5.11 Å². The first-order valence-electron chi connectivity index (χ1n) is 9.83. The van der Waals surface area contributed by atoms with Crippen LogP contribution in [0, 0.1) is 5.92 Å². The predicted molar refractivity (Wildman–Crippen MR) is 113 cm³/mol. The third kappa shape index (κ3) is 17.4. The standard InChI is InChI=1S/C22H36O2S/c1-2-3-4-5-6-7-8-9-10-11-12-13-14-15-16-17-18-21(19-20-25)22(23)24/h3-4,6-7,9-10,20-21H,2,5,8,11-19H2,1H3,(H,23,24). The smallest absolute Gasteiger partial charge is 0.306 e. The van der Waals surface area contributed by atoms with E-state index >= 15 is 0 Å². The lowest BCUT2D eigenvalue weighted by Crippen LogP contribution is -2.13. The summed E-state index contributed by atoms with van der Waals surface area (Å²) < 4.78 is 0. The summed E-state index contributed by atoms with van der Waals surface area (Å²) in [5.74, 6) is -0.987. The highest BCUT2D eigenvalue weighted by Crippen LogP contribution is 2.15. The van der Waals surface area contributed by atoms with Gasteiger partial charge >= 0.3 is 5.97 Å².